The van der Waals surface area contributed by atoms with E-state index < -0.39 is 0 Å². The zero-order chi connectivity index (χ0) is 10.1. The van der Waals surface area contributed by atoms with Gasteiger partial charge in [0, 0.05) is 0 Å². The third-order valence-electron chi connectivity index (χ3n) is 1.10. The first-order valence-corrected chi connectivity index (χ1v) is 4.21. The Morgan fingerprint density at radius 3 is 1.83 bits per heavy atom. The van der Waals surface area contributed by atoms with Gasteiger partial charge in [-0.25, -0.2) is 4.39 Å². The standard InChI is InChI=1S/C9H13F.C2H6/c1-5-8(4)9(10)6-7(2)3;1-2/h5-6H,1H2,2-4H3;1-2H3/b9-8+;. The van der Waals surface area contributed by atoms with Gasteiger partial charge in [0.05, 0.1) is 0 Å². The first-order chi connectivity index (χ1) is 5.57. The fourth-order valence-electron chi connectivity index (χ4n) is 0.465. The summed E-state index contributed by atoms with van der Waals surface area (Å²) in [5, 5.41) is 0. The van der Waals surface area contributed by atoms with Crippen LogP contribution >= 0.6 is 0 Å². The van der Waals surface area contributed by atoms with Gasteiger partial charge in [-0.15, -0.1) is 0 Å². The molecule has 0 heterocycles. The molecule has 0 aromatic rings. The molecule has 0 aromatic heterocycles. The molecule has 0 N–H and O–H groups in total. The minimum absolute atomic E-state index is 0.199. The molecule has 0 aliphatic carbocycles. The lowest BCUT2D eigenvalue weighted by molar-refractivity contribution is 0.656. The second kappa shape index (κ2) is 8.25. The maximum Gasteiger partial charge on any atom is 0.126 e. The van der Waals surface area contributed by atoms with Crippen molar-refractivity contribution in [2.75, 3.05) is 0 Å². The molecule has 1 heteroatoms. The Hall–Kier alpha value is -0.850. The van der Waals surface area contributed by atoms with E-state index in [4.69, 9.17) is 0 Å². The average molecular weight is 170 g/mol. The van der Waals surface area contributed by atoms with Gasteiger partial charge in [-0.3, -0.25) is 0 Å². The Kier molecular flexibility index (Phi) is 9.43. The summed E-state index contributed by atoms with van der Waals surface area (Å²) in [6.45, 7) is 12.9. The molecule has 0 rings (SSSR count). The van der Waals surface area contributed by atoms with Crippen molar-refractivity contribution in [1.29, 1.82) is 0 Å². The van der Waals surface area contributed by atoms with E-state index in [1.54, 1.807) is 6.92 Å². The molecular weight excluding hydrogens is 151 g/mol. The summed E-state index contributed by atoms with van der Waals surface area (Å²) in [4.78, 5) is 0. The van der Waals surface area contributed by atoms with E-state index in [9.17, 15) is 4.39 Å². The fourth-order valence-corrected chi connectivity index (χ4v) is 0.465. The Morgan fingerprint density at radius 2 is 1.58 bits per heavy atom. The molecule has 0 fully saturated rings. The lowest BCUT2D eigenvalue weighted by Crippen LogP contribution is -1.74. The van der Waals surface area contributed by atoms with E-state index in [-0.39, 0.29) is 5.83 Å². The minimum atomic E-state index is -0.199. The summed E-state index contributed by atoms with van der Waals surface area (Å²) in [5.74, 6) is -0.199. The summed E-state index contributed by atoms with van der Waals surface area (Å²) in [6.07, 6.45) is 3.01. The SMILES string of the molecule is C=C/C(C)=C(/F)C=C(C)C.CC. The molecule has 0 unspecified atom stereocenters. The van der Waals surface area contributed by atoms with Crippen LogP contribution in [0.25, 0.3) is 0 Å². The van der Waals surface area contributed by atoms with Crippen LogP contribution in [-0.4, -0.2) is 0 Å². The van der Waals surface area contributed by atoms with E-state index in [2.05, 4.69) is 6.58 Å². The molecule has 0 atom stereocenters. The van der Waals surface area contributed by atoms with E-state index >= 15 is 0 Å². The number of hydrogen-bond acceptors (Lipinski definition) is 0. The summed E-state index contributed by atoms with van der Waals surface area (Å²) in [6, 6.07) is 0. The highest BCUT2D eigenvalue weighted by Crippen LogP contribution is 2.09. The Bertz CT molecular complexity index is 181. The molecule has 70 valence electrons. The van der Waals surface area contributed by atoms with Crippen LogP contribution in [0.2, 0.25) is 0 Å². The molecule has 12 heavy (non-hydrogen) atoms. The molecule has 0 aliphatic rings. The van der Waals surface area contributed by atoms with Gasteiger partial charge in [0.1, 0.15) is 5.83 Å². The van der Waals surface area contributed by atoms with Crippen LogP contribution < -0.4 is 0 Å². The van der Waals surface area contributed by atoms with Crippen LogP contribution in [0, 0.1) is 0 Å². The largest absolute Gasteiger partial charge is 0.207 e. The molecular formula is C11H19F. The summed E-state index contributed by atoms with van der Waals surface area (Å²) < 4.78 is 12.8. The van der Waals surface area contributed by atoms with Gasteiger partial charge in [0.15, 0.2) is 0 Å². The van der Waals surface area contributed by atoms with Crippen LogP contribution in [0.5, 0.6) is 0 Å². The highest BCUT2D eigenvalue weighted by molar-refractivity contribution is 5.27. The number of rotatable bonds is 2. The smallest absolute Gasteiger partial charge is 0.126 e. The van der Waals surface area contributed by atoms with E-state index in [1.807, 2.05) is 27.7 Å². The third kappa shape index (κ3) is 7.26. The van der Waals surface area contributed by atoms with E-state index in [0.717, 1.165) is 5.57 Å². The van der Waals surface area contributed by atoms with E-state index in [1.165, 1.54) is 12.2 Å². The normalized spacial score (nSPS) is 10.5. The van der Waals surface area contributed by atoms with Crippen molar-refractivity contribution in [3.8, 4) is 0 Å². The van der Waals surface area contributed by atoms with Gasteiger partial charge in [-0.2, -0.15) is 0 Å². The Balaban J connectivity index is 0. The average Bonchev–Trinajstić information content (AvgIpc) is 2.05. The zero-order valence-corrected chi connectivity index (χ0v) is 8.74. The second-order valence-corrected chi connectivity index (χ2v) is 2.46. The van der Waals surface area contributed by atoms with Crippen molar-refractivity contribution in [1.82, 2.24) is 0 Å². The monoisotopic (exact) mass is 170 g/mol. The molecule has 0 bridgehead atoms. The Labute approximate surface area is 75.5 Å². The lowest BCUT2D eigenvalue weighted by atomic mass is 10.2. The molecule has 0 aliphatic heterocycles. The molecule has 0 nitrogen and oxygen atoms in total. The fraction of sp³-hybridized carbons (Fsp3) is 0.455. The van der Waals surface area contributed by atoms with Crippen molar-refractivity contribution in [3.63, 3.8) is 0 Å². The van der Waals surface area contributed by atoms with Crippen LogP contribution in [0.3, 0.4) is 0 Å². The third-order valence-corrected chi connectivity index (χ3v) is 1.10. The molecule has 0 spiro atoms. The minimum Gasteiger partial charge on any atom is -0.207 e. The van der Waals surface area contributed by atoms with Crippen molar-refractivity contribution in [2.45, 2.75) is 34.6 Å². The van der Waals surface area contributed by atoms with Gasteiger partial charge in [-0.1, -0.05) is 32.1 Å². The topological polar surface area (TPSA) is 0 Å². The van der Waals surface area contributed by atoms with Gasteiger partial charge in [-0.05, 0) is 32.4 Å². The molecule has 0 saturated carbocycles. The number of allylic oxidation sites excluding steroid dienone is 5. The van der Waals surface area contributed by atoms with Gasteiger partial charge in [0.25, 0.3) is 0 Å². The van der Waals surface area contributed by atoms with Crippen LogP contribution in [-0.2, 0) is 0 Å². The molecule has 0 amide bonds. The van der Waals surface area contributed by atoms with Crippen molar-refractivity contribution >= 4 is 0 Å². The van der Waals surface area contributed by atoms with Gasteiger partial charge in [0.2, 0.25) is 0 Å². The van der Waals surface area contributed by atoms with Crippen molar-refractivity contribution < 1.29 is 4.39 Å². The highest BCUT2D eigenvalue weighted by Gasteiger charge is 1.91. The maximum atomic E-state index is 12.8. The van der Waals surface area contributed by atoms with Gasteiger partial charge >= 0.3 is 0 Å². The summed E-state index contributed by atoms with van der Waals surface area (Å²) in [5.41, 5.74) is 1.54. The van der Waals surface area contributed by atoms with Crippen molar-refractivity contribution in [2.24, 2.45) is 0 Å². The maximum absolute atomic E-state index is 12.8. The number of hydrogen-bond donors (Lipinski definition) is 0. The molecule has 0 radical (unpaired) electrons. The second-order valence-electron chi connectivity index (χ2n) is 2.46. The summed E-state index contributed by atoms with van der Waals surface area (Å²) in [7, 11) is 0. The predicted molar refractivity (Wildman–Crippen MR) is 54.8 cm³/mol. The first-order valence-electron chi connectivity index (χ1n) is 4.21. The van der Waals surface area contributed by atoms with Crippen molar-refractivity contribution in [3.05, 3.63) is 35.7 Å². The van der Waals surface area contributed by atoms with Crippen LogP contribution in [0.15, 0.2) is 35.7 Å². The van der Waals surface area contributed by atoms with Gasteiger partial charge < -0.3 is 0 Å². The Morgan fingerprint density at radius 1 is 1.17 bits per heavy atom. The molecule has 0 aromatic carbocycles. The summed E-state index contributed by atoms with van der Waals surface area (Å²) >= 11 is 0. The zero-order valence-electron chi connectivity index (χ0n) is 8.74. The molecule has 0 saturated heterocycles. The lowest BCUT2D eigenvalue weighted by Gasteiger charge is -1.92. The van der Waals surface area contributed by atoms with Crippen LogP contribution in [0.1, 0.15) is 34.6 Å². The number of halogens is 1. The predicted octanol–water partition coefficient (Wildman–Crippen LogP) is 4.41. The quantitative estimate of drug-likeness (QED) is 0.538. The van der Waals surface area contributed by atoms with E-state index in [0.29, 0.717) is 5.57 Å². The first kappa shape index (κ1) is 13.7. The van der Waals surface area contributed by atoms with Crippen LogP contribution in [0.4, 0.5) is 4.39 Å². The highest BCUT2D eigenvalue weighted by atomic mass is 19.1.